The van der Waals surface area contributed by atoms with E-state index in [0.29, 0.717) is 41.9 Å². The van der Waals surface area contributed by atoms with Crippen LogP contribution in [0.5, 0.6) is 11.5 Å². The van der Waals surface area contributed by atoms with E-state index in [1.54, 1.807) is 26.1 Å². The molecule has 2 saturated heterocycles. The molecule has 5 N–H and O–H groups in total. The monoisotopic (exact) mass is 935 g/mol. The number of ether oxygens (including phenoxy) is 3. The van der Waals surface area contributed by atoms with Crippen LogP contribution in [0.15, 0.2) is 65.6 Å². The normalized spacial score (nSPS) is 19.2. The molecule has 1 saturated carbocycles. The highest BCUT2D eigenvalue weighted by Crippen LogP contribution is 2.42. The van der Waals surface area contributed by atoms with Crippen molar-refractivity contribution in [1.82, 2.24) is 24.7 Å². The molecular formula is C51H70N10O5S. The number of benzene rings is 3. The lowest BCUT2D eigenvalue weighted by molar-refractivity contribution is -0.143. The van der Waals surface area contributed by atoms with Gasteiger partial charge in [0.25, 0.3) is 5.91 Å². The number of fused-ring (bicyclic) bond motifs is 1. The first-order valence-electron chi connectivity index (χ1n) is 24.3. The summed E-state index contributed by atoms with van der Waals surface area (Å²) in [5.74, 6) is 8.37. The number of hydrazine groups is 1. The highest BCUT2D eigenvalue weighted by Gasteiger charge is 2.29. The van der Waals surface area contributed by atoms with Crippen LogP contribution in [0, 0.1) is 12.8 Å². The van der Waals surface area contributed by atoms with Gasteiger partial charge in [-0.1, -0.05) is 37.5 Å². The van der Waals surface area contributed by atoms with Crippen LogP contribution in [0.25, 0.3) is 0 Å². The van der Waals surface area contributed by atoms with E-state index >= 15 is 0 Å². The van der Waals surface area contributed by atoms with Crippen LogP contribution in [0.2, 0.25) is 0 Å². The molecule has 16 heteroatoms. The molecule has 1 aromatic heterocycles. The topological polar surface area (TPSA) is 168 Å². The predicted molar refractivity (Wildman–Crippen MR) is 267 cm³/mol. The second-order valence-electron chi connectivity index (χ2n) is 18.8. The quantitative estimate of drug-likeness (QED) is 0.0361. The van der Waals surface area contributed by atoms with Crippen LogP contribution in [-0.4, -0.2) is 117 Å². The minimum absolute atomic E-state index is 0.0224. The number of carbonyl (C=O) groups is 2. The molecule has 15 nitrogen and oxygen atoms in total. The van der Waals surface area contributed by atoms with Crippen molar-refractivity contribution in [1.29, 1.82) is 0 Å². The summed E-state index contributed by atoms with van der Waals surface area (Å²) < 4.78 is 20.1. The molecule has 67 heavy (non-hydrogen) atoms. The number of esters is 1. The highest BCUT2D eigenvalue weighted by molar-refractivity contribution is 7.97. The van der Waals surface area contributed by atoms with Crippen molar-refractivity contribution in [3.8, 4) is 11.5 Å². The number of nitrogens with zero attached hydrogens (tertiary/aromatic N) is 7. The van der Waals surface area contributed by atoms with Gasteiger partial charge in [0.05, 0.1) is 30.7 Å². The molecule has 4 aliphatic rings. The third kappa shape index (κ3) is 12.1. The largest absolute Gasteiger partial charge is 0.494 e. The van der Waals surface area contributed by atoms with Crippen LogP contribution in [0.4, 0.5) is 22.9 Å². The minimum atomic E-state index is -0.316. The molecular weight excluding hydrogens is 865 g/mol. The van der Waals surface area contributed by atoms with Crippen molar-refractivity contribution in [3.05, 3.63) is 88.6 Å². The van der Waals surface area contributed by atoms with Crippen LogP contribution in [0.1, 0.15) is 104 Å². The summed E-state index contributed by atoms with van der Waals surface area (Å²) >= 11 is 1.74. The number of piperidine rings is 1. The Morgan fingerprint density at radius 3 is 2.40 bits per heavy atom. The molecule has 360 valence electrons. The van der Waals surface area contributed by atoms with Gasteiger partial charge in [-0.2, -0.15) is 0 Å². The Morgan fingerprint density at radius 2 is 1.70 bits per heavy atom. The molecule has 0 radical (unpaired) electrons. The van der Waals surface area contributed by atoms with E-state index in [-0.39, 0.29) is 36.4 Å². The summed E-state index contributed by atoms with van der Waals surface area (Å²) in [6.45, 7) is 14.9. The molecule has 0 bridgehead atoms. The van der Waals surface area contributed by atoms with Gasteiger partial charge in [0.1, 0.15) is 23.3 Å². The summed E-state index contributed by atoms with van der Waals surface area (Å²) in [4.78, 5) is 34.3. The minimum Gasteiger partial charge on any atom is -0.494 e. The number of nitrogen functional groups attached to an aromatic ring is 1. The summed E-state index contributed by atoms with van der Waals surface area (Å²) in [5.41, 5.74) is 13.4. The van der Waals surface area contributed by atoms with E-state index in [1.807, 2.05) is 31.2 Å². The Morgan fingerprint density at radius 1 is 0.925 bits per heavy atom. The van der Waals surface area contributed by atoms with E-state index in [0.717, 1.165) is 106 Å². The number of amides is 1. The second kappa shape index (κ2) is 22.2. The van der Waals surface area contributed by atoms with Gasteiger partial charge in [0.2, 0.25) is 0 Å². The fraction of sp³-hybridized carbons (Fsp3) is 0.529. The van der Waals surface area contributed by atoms with E-state index in [2.05, 4.69) is 84.8 Å². The van der Waals surface area contributed by atoms with Crippen molar-refractivity contribution in [3.63, 3.8) is 0 Å². The van der Waals surface area contributed by atoms with E-state index < -0.39 is 0 Å². The fourth-order valence-corrected chi connectivity index (χ4v) is 11.3. The SMILES string of the molecule is CCOC(=O)CC(c1ccc(C)c(CN2CC(C)Oc3cc(N4CCN(CC5CCN(c6ccc(C(=O)NC7CCCCC7)nn6)CC5)CC4)ccc3S2)c1)c1cc(N)c(N(C)N)c(OC)c1. The van der Waals surface area contributed by atoms with Crippen molar-refractivity contribution >= 4 is 46.7 Å². The number of aromatic nitrogens is 2. The van der Waals surface area contributed by atoms with Gasteiger partial charge in [0, 0.05) is 89.7 Å². The molecule has 3 aliphatic heterocycles. The second-order valence-corrected chi connectivity index (χ2v) is 19.9. The van der Waals surface area contributed by atoms with Gasteiger partial charge in [-0.25, -0.2) is 10.1 Å². The van der Waals surface area contributed by atoms with E-state index in [1.165, 1.54) is 41.1 Å². The summed E-state index contributed by atoms with van der Waals surface area (Å²) in [5, 5.41) is 13.4. The lowest BCUT2D eigenvalue weighted by atomic mass is 9.86. The standard InChI is InChI=1S/C51H70N10O5S/c1-6-65-49(62)30-42(38-27-43(52)50(57(4)53)46(28-38)64-5)37-13-12-34(2)39(26-37)33-61-31-35(3)66-45-29-41(14-16-47(45)67-61)59-24-22-58(23-25-59)32-36-18-20-60(21-19-36)48-17-15-44(55-56-48)51(63)54-40-10-8-7-9-11-40/h12-17,26-29,35-36,40,42H,6-11,18-25,30-33,52-53H2,1-5H3,(H,54,63). The Kier molecular flexibility index (Phi) is 16.0. The number of anilines is 4. The predicted octanol–water partition coefficient (Wildman–Crippen LogP) is 7.16. The van der Waals surface area contributed by atoms with E-state index in [9.17, 15) is 9.59 Å². The summed E-state index contributed by atoms with van der Waals surface area (Å²) in [6.07, 6.45) is 8.09. The molecule has 8 rings (SSSR count). The molecule has 3 fully saturated rings. The van der Waals surface area contributed by atoms with E-state index in [4.69, 9.17) is 25.8 Å². The number of hydrogen-bond acceptors (Lipinski definition) is 15. The zero-order chi connectivity index (χ0) is 47.0. The van der Waals surface area contributed by atoms with Crippen LogP contribution in [0.3, 0.4) is 0 Å². The average molecular weight is 935 g/mol. The maximum Gasteiger partial charge on any atom is 0.306 e. The molecule has 4 heterocycles. The Balaban J connectivity index is 0.851. The Bertz CT molecular complexity index is 2310. The first-order chi connectivity index (χ1) is 32.4. The number of piperazine rings is 1. The summed E-state index contributed by atoms with van der Waals surface area (Å²) in [6, 6.07) is 21.0. The molecule has 3 aromatic carbocycles. The number of rotatable bonds is 15. The van der Waals surface area contributed by atoms with Gasteiger partial charge in [-0.05, 0) is 123 Å². The van der Waals surface area contributed by atoms with Gasteiger partial charge < -0.3 is 40.1 Å². The van der Waals surface area contributed by atoms with Gasteiger partial charge in [-0.3, -0.25) is 14.5 Å². The lowest BCUT2D eigenvalue weighted by Gasteiger charge is -2.39. The van der Waals surface area contributed by atoms with Gasteiger partial charge >= 0.3 is 5.97 Å². The number of carbonyl (C=O) groups excluding carboxylic acids is 2. The zero-order valence-corrected chi connectivity index (χ0v) is 40.9. The van der Waals surface area contributed by atoms with Crippen LogP contribution < -0.4 is 41.2 Å². The smallest absolute Gasteiger partial charge is 0.306 e. The number of methoxy groups -OCH3 is 1. The Hall–Kier alpha value is -5.29. The third-order valence-corrected chi connectivity index (χ3v) is 14.9. The summed E-state index contributed by atoms with van der Waals surface area (Å²) in [7, 11) is 3.31. The van der Waals surface area contributed by atoms with Gasteiger partial charge in [0.15, 0.2) is 11.5 Å². The number of hydrogen-bond donors (Lipinski definition) is 3. The molecule has 0 spiro atoms. The lowest BCUT2D eigenvalue weighted by Crippen LogP contribution is -2.49. The van der Waals surface area contributed by atoms with Gasteiger partial charge in [-0.15, -0.1) is 10.2 Å². The fourth-order valence-electron chi connectivity index (χ4n) is 10.2. The molecule has 1 aliphatic carbocycles. The van der Waals surface area contributed by atoms with Crippen LogP contribution in [-0.2, 0) is 16.1 Å². The first-order valence-corrected chi connectivity index (χ1v) is 25.0. The van der Waals surface area contributed by atoms with Crippen molar-refractivity contribution in [2.75, 3.05) is 93.7 Å². The van der Waals surface area contributed by atoms with Crippen molar-refractivity contribution in [2.24, 2.45) is 11.8 Å². The first kappa shape index (κ1) is 48.2. The number of nitrogens with one attached hydrogen (secondary N) is 1. The Labute approximate surface area is 400 Å². The molecule has 4 aromatic rings. The molecule has 1 amide bonds. The van der Waals surface area contributed by atoms with Crippen molar-refractivity contribution < 1.29 is 23.8 Å². The average Bonchev–Trinajstić information content (AvgIpc) is 3.48. The maximum atomic E-state index is 13.0. The zero-order valence-electron chi connectivity index (χ0n) is 40.0. The number of nitrogens with two attached hydrogens (primary N) is 2. The highest BCUT2D eigenvalue weighted by atomic mass is 32.2. The molecule has 2 unspecified atom stereocenters. The van der Waals surface area contributed by atoms with Crippen molar-refractivity contribution in [2.45, 2.75) is 102 Å². The molecule has 2 atom stereocenters. The van der Waals surface area contributed by atoms with Crippen LogP contribution >= 0.6 is 11.9 Å². The maximum absolute atomic E-state index is 13.0. The third-order valence-electron chi connectivity index (χ3n) is 13.9. The number of aryl methyl sites for hydroxylation is 1.